The normalized spacial score (nSPS) is 10.8. The van der Waals surface area contributed by atoms with Crippen molar-refractivity contribution in [1.82, 2.24) is 0 Å². The molecule has 0 saturated heterocycles. The molecule has 0 heteroatoms. The molecule has 0 atom stereocenters. The Morgan fingerprint density at radius 2 is 0.284 bits per heavy atom. The number of hydrogen-bond acceptors (Lipinski definition) is 0. The van der Waals surface area contributed by atoms with Gasteiger partial charge in [0.1, 0.15) is 0 Å². The first kappa shape index (κ1) is 55.2. The van der Waals surface area contributed by atoms with Crippen molar-refractivity contribution in [3.05, 3.63) is 178 Å². The largest absolute Gasteiger partial charge is 0.0654 e. The van der Waals surface area contributed by atoms with Gasteiger partial charge >= 0.3 is 0 Å². The van der Waals surface area contributed by atoms with Crippen molar-refractivity contribution >= 4 is 64.6 Å². The molecule has 0 bridgehead atoms. The van der Waals surface area contributed by atoms with Crippen molar-refractivity contribution in [2.24, 2.45) is 0 Å². The van der Waals surface area contributed by atoms with Gasteiger partial charge in [0.05, 0.1) is 0 Å². The van der Waals surface area contributed by atoms with Crippen molar-refractivity contribution in [2.75, 3.05) is 0 Å². The fourth-order valence-corrected chi connectivity index (χ4v) is 10.2. The molecular formula is C74H82. The molecule has 0 spiro atoms. The second kappa shape index (κ2) is 28.8. The van der Waals surface area contributed by atoms with Crippen LogP contribution >= 0.6 is 0 Å². The lowest BCUT2D eigenvalue weighted by Crippen LogP contribution is -1.95. The minimum Gasteiger partial charge on any atom is -0.0654 e. The summed E-state index contributed by atoms with van der Waals surface area (Å²) in [5.74, 6) is 0. The predicted octanol–water partition coefficient (Wildman–Crippen LogP) is 20.3. The van der Waals surface area contributed by atoms with Crippen LogP contribution in [-0.4, -0.2) is 0 Å². The van der Waals surface area contributed by atoms with Gasteiger partial charge in [0.2, 0.25) is 0 Å². The topological polar surface area (TPSA) is 0 Å². The summed E-state index contributed by atoms with van der Waals surface area (Å²) in [6.07, 6.45) is 26.8. The molecule has 0 amide bonds. The number of unbranched alkanes of at least 4 members (excludes halogenated alkanes) is 8. The summed E-state index contributed by atoms with van der Waals surface area (Å²) in [5.41, 5.74) is 11.2. The third-order valence-corrected chi connectivity index (χ3v) is 14.9. The van der Waals surface area contributed by atoms with Gasteiger partial charge in [-0.1, -0.05) is 180 Å². The van der Waals surface area contributed by atoms with Crippen molar-refractivity contribution in [2.45, 2.75) is 209 Å². The number of benzene rings is 5. The van der Waals surface area contributed by atoms with E-state index >= 15 is 0 Å². The lowest BCUT2D eigenvalue weighted by atomic mass is 9.94. The average Bonchev–Trinajstić information content (AvgIpc) is 3.41. The molecule has 0 saturated carbocycles. The van der Waals surface area contributed by atoms with Gasteiger partial charge in [0, 0.05) is 64.6 Å². The number of rotatable bonds is 24. The lowest BCUT2D eigenvalue weighted by molar-refractivity contribution is 0.759. The summed E-state index contributed by atoms with van der Waals surface area (Å²) < 4.78 is 0. The zero-order chi connectivity index (χ0) is 52.1. The molecule has 7 rings (SSSR count). The van der Waals surface area contributed by atoms with Crippen molar-refractivity contribution in [3.63, 3.8) is 0 Å². The van der Waals surface area contributed by atoms with Gasteiger partial charge in [-0.25, -0.2) is 0 Å². The van der Waals surface area contributed by atoms with Crippen LogP contribution in [0.5, 0.6) is 0 Å². The van der Waals surface area contributed by atoms with Crippen LogP contribution in [0.1, 0.15) is 203 Å². The Labute approximate surface area is 449 Å². The van der Waals surface area contributed by atoms with Gasteiger partial charge in [-0.15, -0.1) is 0 Å². The van der Waals surface area contributed by atoms with Crippen molar-refractivity contribution in [1.29, 1.82) is 0 Å². The third kappa shape index (κ3) is 14.8. The number of aryl methyl sites for hydroxylation is 8. The van der Waals surface area contributed by atoms with E-state index in [4.69, 9.17) is 0 Å². The summed E-state index contributed by atoms with van der Waals surface area (Å²) in [5, 5.41) is 11.3. The second-order valence-electron chi connectivity index (χ2n) is 20.9. The Balaban J connectivity index is 1.64. The zero-order valence-corrected chi connectivity index (χ0v) is 46.7. The van der Waals surface area contributed by atoms with E-state index < -0.39 is 0 Å². The molecule has 0 fully saturated rings. The van der Waals surface area contributed by atoms with Crippen LogP contribution in [0, 0.1) is 72.8 Å². The minimum atomic E-state index is 0.859. The highest BCUT2D eigenvalue weighted by molar-refractivity contribution is 5.96. The molecule has 0 aromatic heterocycles. The van der Waals surface area contributed by atoms with Crippen LogP contribution in [-0.2, 0) is 51.4 Å². The quantitative estimate of drug-likeness (QED) is 0.0566. The molecule has 0 aliphatic rings. The average molecular weight is 971 g/mol. The van der Waals surface area contributed by atoms with Crippen LogP contribution in [0.4, 0.5) is 0 Å². The lowest BCUT2D eigenvalue weighted by Gasteiger charge is -2.10. The first-order valence-corrected chi connectivity index (χ1v) is 29.3. The smallest absolute Gasteiger partial charge is 0.0419 e. The van der Waals surface area contributed by atoms with E-state index in [-0.39, 0.29) is 0 Å². The van der Waals surface area contributed by atoms with Gasteiger partial charge < -0.3 is 0 Å². The van der Waals surface area contributed by atoms with Gasteiger partial charge in [0.15, 0.2) is 0 Å². The first-order valence-electron chi connectivity index (χ1n) is 29.3. The summed E-state index contributed by atoms with van der Waals surface area (Å²) in [4.78, 5) is 0. The van der Waals surface area contributed by atoms with Gasteiger partial charge in [0.25, 0.3) is 0 Å². The van der Waals surface area contributed by atoms with Gasteiger partial charge in [-0.05, 0) is 208 Å². The van der Waals surface area contributed by atoms with E-state index in [0.717, 1.165) is 219 Å². The fourth-order valence-electron chi connectivity index (χ4n) is 10.2. The molecule has 74 heavy (non-hydrogen) atoms. The van der Waals surface area contributed by atoms with E-state index in [1.165, 1.54) is 44.5 Å². The number of fused-ring (bicyclic) bond motifs is 6. The van der Waals surface area contributed by atoms with E-state index in [1.807, 2.05) is 0 Å². The molecule has 0 heterocycles. The monoisotopic (exact) mass is 971 g/mol. The summed E-state index contributed by atoms with van der Waals surface area (Å²) in [6, 6.07) is 67.7. The molecular weight excluding hydrogens is 889 g/mol. The van der Waals surface area contributed by atoms with Gasteiger partial charge in [-0.3, -0.25) is 0 Å². The molecule has 378 valence electrons. The van der Waals surface area contributed by atoms with Crippen LogP contribution in [0.2, 0.25) is 0 Å². The maximum atomic E-state index is 3.71. The minimum absolute atomic E-state index is 0.859. The summed E-state index contributed by atoms with van der Waals surface area (Å²) in [7, 11) is 0. The van der Waals surface area contributed by atoms with Crippen LogP contribution in [0.15, 0.2) is 60.7 Å². The highest BCUT2D eigenvalue weighted by Gasteiger charge is 2.10. The van der Waals surface area contributed by atoms with Crippen LogP contribution < -0.4 is 0 Å². The Hall–Kier alpha value is -6.54. The third-order valence-electron chi connectivity index (χ3n) is 14.9. The van der Waals surface area contributed by atoms with E-state index in [2.05, 4.69) is 189 Å². The Morgan fingerprint density at radius 1 is 0.176 bits per heavy atom. The molecule has 0 unspecified atom stereocenters. The highest BCUT2D eigenvalue weighted by atomic mass is 14.1. The second-order valence-corrected chi connectivity index (χ2v) is 20.9. The fraction of sp³-hybridized carbons (Fsp3) is 0.432. The molecule has 0 radical (unpaired) electrons. The van der Waals surface area contributed by atoms with Crippen molar-refractivity contribution < 1.29 is 0 Å². The SMILES string of the molecule is CCCCc1cc2c#cc3cc(CCCC)c(CCCC)cc3c#cc3cc4c#cc5cc(CCCC)c(CCCC)cc5c#cc5cc(CCCC)c(CCCC)cc5c#cc4cc3c#cc2cc1CCCC. The van der Waals surface area contributed by atoms with E-state index in [1.54, 1.807) is 0 Å². The molecule has 0 aliphatic carbocycles. The molecule has 0 nitrogen and oxygen atoms in total. The highest BCUT2D eigenvalue weighted by Crippen LogP contribution is 2.27. The predicted molar refractivity (Wildman–Crippen MR) is 319 cm³/mol. The Morgan fingerprint density at radius 3 is 0.392 bits per heavy atom. The van der Waals surface area contributed by atoms with Gasteiger partial charge in [-0.2, -0.15) is 0 Å². The molecule has 7 aromatic carbocycles. The summed E-state index contributed by atoms with van der Waals surface area (Å²) >= 11 is 0. The van der Waals surface area contributed by atoms with Crippen LogP contribution in [0.25, 0.3) is 64.6 Å². The van der Waals surface area contributed by atoms with E-state index in [9.17, 15) is 0 Å². The van der Waals surface area contributed by atoms with Crippen LogP contribution in [0.3, 0.4) is 0 Å². The van der Waals surface area contributed by atoms with E-state index in [0.29, 0.717) is 0 Å². The molecule has 7 aromatic rings. The summed E-state index contributed by atoms with van der Waals surface area (Å²) in [6.45, 7) is 18.3. The maximum absolute atomic E-state index is 3.71. The first-order chi connectivity index (χ1) is 36.3. The maximum Gasteiger partial charge on any atom is 0.0419 e. The molecule has 0 N–H and O–H groups in total. The van der Waals surface area contributed by atoms with Crippen molar-refractivity contribution in [3.8, 4) is 0 Å². The standard InChI is InChI=1S/C74H82/c1-9-17-25-55-45-63-33-34-64-46-56(26-18-10-2)60(30-22-14-6)50-68(64)38-42-72-54-74-44-40-70-52-62(32-24-16-8)58(28-20-12-4)48-66(70)36-35-65-47-57(27-19-11-3)61(31-23-15-7)51-69(65)39-43-73(74)53-71(72)41-37-67(63)49-59(55)29-21-13-5/h45-54H,9-32H2,1-8H3. The zero-order valence-electron chi connectivity index (χ0n) is 46.7. The Kier molecular flexibility index (Phi) is 21.5. The molecule has 0 aliphatic heterocycles. The Bertz CT molecular complexity index is 2740. The number of hydrogen-bond donors (Lipinski definition) is 0.